The predicted octanol–water partition coefficient (Wildman–Crippen LogP) is 3.05. The average molecular weight is 288 g/mol. The Balaban J connectivity index is 1.43. The van der Waals surface area contributed by atoms with E-state index in [1.54, 1.807) is 0 Å². The first-order valence-corrected chi connectivity index (χ1v) is 8.40. The van der Waals surface area contributed by atoms with Crippen molar-refractivity contribution >= 4 is 0 Å². The topological polar surface area (TPSA) is 24.5 Å². The molecule has 0 spiro atoms. The molecular formula is C18H28N2O. The average Bonchev–Trinajstić information content (AvgIpc) is 3.23. The maximum Gasteiger partial charge on any atom is 0.119 e. The lowest BCUT2D eigenvalue weighted by molar-refractivity contribution is 0.202. The number of likely N-dealkylation sites (tertiary alicyclic amines) is 1. The fraction of sp³-hybridized carbons (Fsp3) is 0.667. The van der Waals surface area contributed by atoms with E-state index < -0.39 is 0 Å². The molecule has 3 heteroatoms. The molecule has 0 bridgehead atoms. The minimum Gasteiger partial charge on any atom is -0.492 e. The molecule has 1 saturated heterocycles. The Hall–Kier alpha value is -1.06. The Kier molecular flexibility index (Phi) is 4.81. The molecule has 21 heavy (non-hydrogen) atoms. The summed E-state index contributed by atoms with van der Waals surface area (Å²) < 4.78 is 5.95. The van der Waals surface area contributed by atoms with Gasteiger partial charge in [0.15, 0.2) is 0 Å². The summed E-state index contributed by atoms with van der Waals surface area (Å²) in [6.07, 6.45) is 3.99. The zero-order valence-electron chi connectivity index (χ0n) is 13.3. The van der Waals surface area contributed by atoms with Crippen molar-refractivity contribution in [3.63, 3.8) is 0 Å². The lowest BCUT2D eigenvalue weighted by Gasteiger charge is -2.21. The summed E-state index contributed by atoms with van der Waals surface area (Å²) in [7, 11) is 0. The van der Waals surface area contributed by atoms with E-state index in [2.05, 4.69) is 48.3 Å². The molecule has 1 N–H and O–H groups in total. The van der Waals surface area contributed by atoms with Crippen LogP contribution in [0.25, 0.3) is 0 Å². The van der Waals surface area contributed by atoms with Crippen molar-refractivity contribution < 1.29 is 4.74 Å². The van der Waals surface area contributed by atoms with Gasteiger partial charge in [0.1, 0.15) is 12.4 Å². The first kappa shape index (κ1) is 14.9. The number of benzene rings is 1. The van der Waals surface area contributed by atoms with Gasteiger partial charge in [-0.2, -0.15) is 0 Å². The minimum atomic E-state index is 0.706. The summed E-state index contributed by atoms with van der Waals surface area (Å²) in [5, 5.41) is 3.55. The zero-order chi connectivity index (χ0) is 14.7. The molecule has 1 aliphatic heterocycles. The monoisotopic (exact) mass is 288 g/mol. The Morgan fingerprint density at radius 3 is 2.86 bits per heavy atom. The maximum absolute atomic E-state index is 5.95. The van der Waals surface area contributed by atoms with Crippen molar-refractivity contribution in [3.8, 4) is 5.75 Å². The molecule has 116 valence electrons. The van der Waals surface area contributed by atoms with Gasteiger partial charge in [-0.15, -0.1) is 0 Å². The van der Waals surface area contributed by atoms with Gasteiger partial charge in [0.05, 0.1) is 0 Å². The highest BCUT2D eigenvalue weighted by molar-refractivity contribution is 5.28. The summed E-state index contributed by atoms with van der Waals surface area (Å²) >= 11 is 0. The molecule has 1 saturated carbocycles. The van der Waals surface area contributed by atoms with E-state index in [4.69, 9.17) is 4.74 Å². The third-order valence-corrected chi connectivity index (χ3v) is 4.63. The van der Waals surface area contributed by atoms with Crippen LogP contribution in [-0.4, -0.2) is 36.7 Å². The van der Waals surface area contributed by atoms with Crippen LogP contribution in [0.2, 0.25) is 0 Å². The minimum absolute atomic E-state index is 0.706. The van der Waals surface area contributed by atoms with E-state index in [0.29, 0.717) is 6.04 Å². The van der Waals surface area contributed by atoms with Crippen molar-refractivity contribution in [2.24, 2.45) is 5.92 Å². The first-order valence-electron chi connectivity index (χ1n) is 8.40. The van der Waals surface area contributed by atoms with Crippen LogP contribution in [0.4, 0.5) is 0 Å². The van der Waals surface area contributed by atoms with Crippen LogP contribution in [0, 0.1) is 5.92 Å². The van der Waals surface area contributed by atoms with Gasteiger partial charge in [0, 0.05) is 31.7 Å². The third-order valence-electron chi connectivity index (χ3n) is 4.63. The number of ether oxygens (including phenoxy) is 1. The summed E-state index contributed by atoms with van der Waals surface area (Å²) in [6, 6.07) is 9.97. The predicted molar refractivity (Wildman–Crippen MR) is 86.6 cm³/mol. The molecule has 2 unspecified atom stereocenters. The Bertz CT molecular complexity index is 458. The van der Waals surface area contributed by atoms with E-state index in [9.17, 15) is 0 Å². The quantitative estimate of drug-likeness (QED) is 0.834. The second-order valence-corrected chi connectivity index (χ2v) is 6.84. The summed E-state index contributed by atoms with van der Waals surface area (Å²) in [4.78, 5) is 2.54. The molecule has 0 aromatic heterocycles. The lowest BCUT2D eigenvalue weighted by Crippen LogP contribution is -2.31. The maximum atomic E-state index is 5.95. The van der Waals surface area contributed by atoms with Crippen LogP contribution in [0.15, 0.2) is 24.3 Å². The normalized spacial score (nSPS) is 26.2. The molecule has 0 radical (unpaired) electrons. The van der Waals surface area contributed by atoms with Gasteiger partial charge in [-0.1, -0.05) is 19.1 Å². The molecule has 3 rings (SSSR count). The van der Waals surface area contributed by atoms with Crippen molar-refractivity contribution in [2.75, 3.05) is 19.7 Å². The zero-order valence-corrected chi connectivity index (χ0v) is 13.3. The second kappa shape index (κ2) is 6.80. The molecule has 2 aliphatic rings. The number of hydrogen-bond donors (Lipinski definition) is 1. The molecule has 1 aliphatic carbocycles. The van der Waals surface area contributed by atoms with Crippen molar-refractivity contribution in [1.82, 2.24) is 10.2 Å². The highest BCUT2D eigenvalue weighted by atomic mass is 16.5. The van der Waals surface area contributed by atoms with Crippen LogP contribution in [0.1, 0.15) is 38.7 Å². The van der Waals surface area contributed by atoms with E-state index in [1.807, 2.05) is 0 Å². The van der Waals surface area contributed by atoms with Crippen LogP contribution in [-0.2, 0) is 6.54 Å². The standard InChI is InChI=1S/C18H28N2O/c1-14-10-15(2)20(13-14)8-9-21-18-5-3-4-16(11-18)12-19-17-6-7-17/h3-5,11,14-15,17,19H,6-10,12-13H2,1-2H3. The molecule has 3 nitrogen and oxygen atoms in total. The third kappa shape index (κ3) is 4.45. The summed E-state index contributed by atoms with van der Waals surface area (Å²) in [6.45, 7) is 8.67. The number of nitrogens with zero attached hydrogens (tertiary/aromatic N) is 1. The SMILES string of the molecule is CC1CC(C)N(CCOc2cccc(CNC3CC3)c2)C1. The second-order valence-electron chi connectivity index (χ2n) is 6.84. The van der Waals surface area contributed by atoms with Gasteiger partial charge >= 0.3 is 0 Å². The van der Waals surface area contributed by atoms with Gasteiger partial charge in [-0.3, -0.25) is 4.90 Å². The number of rotatable bonds is 7. The van der Waals surface area contributed by atoms with Crippen molar-refractivity contribution in [3.05, 3.63) is 29.8 Å². The van der Waals surface area contributed by atoms with Crippen LogP contribution < -0.4 is 10.1 Å². The molecule has 2 fully saturated rings. The summed E-state index contributed by atoms with van der Waals surface area (Å²) in [5.41, 5.74) is 1.32. The Morgan fingerprint density at radius 2 is 2.14 bits per heavy atom. The molecule has 1 aromatic carbocycles. The Morgan fingerprint density at radius 1 is 1.29 bits per heavy atom. The largest absolute Gasteiger partial charge is 0.492 e. The Labute approximate surface area is 128 Å². The number of hydrogen-bond acceptors (Lipinski definition) is 3. The molecule has 0 amide bonds. The highest BCUT2D eigenvalue weighted by Crippen LogP contribution is 2.22. The number of nitrogens with one attached hydrogen (secondary N) is 1. The molecule has 2 atom stereocenters. The van der Waals surface area contributed by atoms with Gasteiger partial charge in [-0.25, -0.2) is 0 Å². The lowest BCUT2D eigenvalue weighted by atomic mass is 10.1. The molecule has 1 heterocycles. The fourth-order valence-corrected chi connectivity index (χ4v) is 3.27. The van der Waals surface area contributed by atoms with Gasteiger partial charge in [0.2, 0.25) is 0 Å². The first-order chi connectivity index (χ1) is 10.2. The summed E-state index contributed by atoms with van der Waals surface area (Å²) in [5.74, 6) is 1.84. The van der Waals surface area contributed by atoms with Crippen LogP contribution in [0.5, 0.6) is 5.75 Å². The highest BCUT2D eigenvalue weighted by Gasteiger charge is 2.25. The van der Waals surface area contributed by atoms with E-state index in [0.717, 1.165) is 37.4 Å². The molecular weight excluding hydrogens is 260 g/mol. The van der Waals surface area contributed by atoms with Crippen LogP contribution >= 0.6 is 0 Å². The van der Waals surface area contributed by atoms with E-state index in [-0.39, 0.29) is 0 Å². The van der Waals surface area contributed by atoms with Crippen molar-refractivity contribution in [2.45, 2.75) is 51.7 Å². The van der Waals surface area contributed by atoms with E-state index in [1.165, 1.54) is 31.4 Å². The van der Waals surface area contributed by atoms with Gasteiger partial charge in [-0.05, 0) is 49.8 Å². The smallest absolute Gasteiger partial charge is 0.119 e. The fourth-order valence-electron chi connectivity index (χ4n) is 3.27. The molecule has 1 aromatic rings. The van der Waals surface area contributed by atoms with Gasteiger partial charge < -0.3 is 10.1 Å². The van der Waals surface area contributed by atoms with E-state index >= 15 is 0 Å². The van der Waals surface area contributed by atoms with Gasteiger partial charge in [0.25, 0.3) is 0 Å². The van der Waals surface area contributed by atoms with Crippen molar-refractivity contribution in [1.29, 1.82) is 0 Å². The van der Waals surface area contributed by atoms with Crippen LogP contribution in [0.3, 0.4) is 0 Å².